The van der Waals surface area contributed by atoms with Gasteiger partial charge in [0.2, 0.25) is 5.95 Å². The van der Waals surface area contributed by atoms with E-state index in [1.54, 1.807) is 12.4 Å². The lowest BCUT2D eigenvalue weighted by Crippen LogP contribution is -2.31. The summed E-state index contributed by atoms with van der Waals surface area (Å²) in [6.07, 6.45) is 3.45. The first-order valence-electron chi connectivity index (χ1n) is 8.71. The molecule has 2 heterocycles. The molecule has 0 amide bonds. The van der Waals surface area contributed by atoms with E-state index in [9.17, 15) is 0 Å². The molecule has 3 aromatic rings. The van der Waals surface area contributed by atoms with Gasteiger partial charge in [0.05, 0.1) is 5.41 Å². The Hall–Kier alpha value is -2.96. The number of nitrogens with one attached hydrogen (secondary N) is 1. The Bertz CT molecular complexity index is 856. The summed E-state index contributed by atoms with van der Waals surface area (Å²) >= 11 is 0. The average molecular weight is 352 g/mol. The maximum atomic E-state index is 5.56. The minimum Gasteiger partial charge on any atom is -0.368 e. The molecule has 136 valence electrons. The number of benzene rings is 1. The van der Waals surface area contributed by atoms with Crippen molar-refractivity contribution in [3.63, 3.8) is 0 Å². The molecule has 0 radical (unpaired) electrons. The largest absolute Gasteiger partial charge is 0.368 e. The summed E-state index contributed by atoms with van der Waals surface area (Å²) in [7, 11) is 0. The van der Waals surface area contributed by atoms with E-state index in [-0.39, 0.29) is 17.3 Å². The minimum atomic E-state index is -0.368. The summed E-state index contributed by atoms with van der Waals surface area (Å²) in [5, 5.41) is 7.27. The highest BCUT2D eigenvalue weighted by atomic mass is 16.5. The van der Waals surface area contributed by atoms with Gasteiger partial charge < -0.3 is 15.6 Å². The maximum Gasteiger partial charge on any atom is 0.321 e. The normalized spacial score (nSPS) is 13.6. The van der Waals surface area contributed by atoms with Crippen LogP contribution in [0.2, 0.25) is 0 Å². The van der Waals surface area contributed by atoms with Crippen LogP contribution in [0.4, 0.5) is 12.0 Å². The summed E-state index contributed by atoms with van der Waals surface area (Å²) in [5.74, 6) is 1.22. The van der Waals surface area contributed by atoms with Crippen molar-refractivity contribution in [3.8, 4) is 11.1 Å². The molecule has 7 heteroatoms. The highest BCUT2D eigenvalue weighted by Gasteiger charge is 2.37. The number of hydrogen-bond acceptors (Lipinski definition) is 7. The van der Waals surface area contributed by atoms with Gasteiger partial charge in [0.25, 0.3) is 0 Å². The van der Waals surface area contributed by atoms with Crippen LogP contribution in [0.5, 0.6) is 0 Å². The van der Waals surface area contributed by atoms with Crippen LogP contribution in [0.1, 0.15) is 39.1 Å². The Labute approximate surface area is 153 Å². The highest BCUT2D eigenvalue weighted by molar-refractivity contribution is 5.62. The van der Waals surface area contributed by atoms with Crippen LogP contribution >= 0.6 is 0 Å². The molecular weight excluding hydrogens is 328 g/mol. The van der Waals surface area contributed by atoms with Crippen molar-refractivity contribution in [3.05, 3.63) is 48.0 Å². The van der Waals surface area contributed by atoms with Crippen LogP contribution in [-0.4, -0.2) is 26.7 Å². The SMILES string of the molecule is CCNc1nc(C(C)(c2ccc(-c3cnc(N)nc3)cc2)C(C)C)no1. The summed E-state index contributed by atoms with van der Waals surface area (Å²) in [6, 6.07) is 8.74. The van der Waals surface area contributed by atoms with Gasteiger partial charge in [-0.05, 0) is 30.9 Å². The smallest absolute Gasteiger partial charge is 0.321 e. The Kier molecular flexibility index (Phi) is 4.88. The summed E-state index contributed by atoms with van der Waals surface area (Å²) in [5.41, 5.74) is 8.26. The molecule has 0 bridgehead atoms. The van der Waals surface area contributed by atoms with Crippen LogP contribution in [0.25, 0.3) is 11.1 Å². The third-order valence-corrected chi connectivity index (χ3v) is 4.86. The molecule has 26 heavy (non-hydrogen) atoms. The van der Waals surface area contributed by atoms with Gasteiger partial charge in [0.1, 0.15) is 0 Å². The lowest BCUT2D eigenvalue weighted by molar-refractivity contribution is 0.351. The number of anilines is 2. The summed E-state index contributed by atoms with van der Waals surface area (Å²) in [4.78, 5) is 12.6. The van der Waals surface area contributed by atoms with Gasteiger partial charge in [-0.15, -0.1) is 0 Å². The molecule has 3 N–H and O–H groups in total. The second kappa shape index (κ2) is 7.11. The van der Waals surface area contributed by atoms with Crippen LogP contribution < -0.4 is 11.1 Å². The molecule has 0 fully saturated rings. The van der Waals surface area contributed by atoms with Crippen LogP contribution in [0.15, 0.2) is 41.2 Å². The molecule has 0 saturated carbocycles. The second-order valence-corrected chi connectivity index (χ2v) is 6.72. The quantitative estimate of drug-likeness (QED) is 0.700. The first-order chi connectivity index (χ1) is 12.4. The lowest BCUT2D eigenvalue weighted by atomic mass is 9.72. The molecule has 2 aromatic heterocycles. The molecule has 3 rings (SSSR count). The molecular formula is C19H24N6O. The van der Waals surface area contributed by atoms with Gasteiger partial charge in [0, 0.05) is 24.5 Å². The Balaban J connectivity index is 1.96. The summed E-state index contributed by atoms with van der Waals surface area (Å²) in [6.45, 7) is 9.18. The lowest BCUT2D eigenvalue weighted by Gasteiger charge is -2.31. The van der Waals surface area contributed by atoms with Crippen LogP contribution in [0, 0.1) is 5.92 Å². The van der Waals surface area contributed by atoms with Crippen molar-refractivity contribution >= 4 is 12.0 Å². The molecule has 0 aliphatic heterocycles. The first-order valence-corrected chi connectivity index (χ1v) is 8.71. The molecule has 7 nitrogen and oxygen atoms in total. The van der Waals surface area contributed by atoms with Gasteiger partial charge in [-0.1, -0.05) is 43.3 Å². The zero-order valence-corrected chi connectivity index (χ0v) is 15.5. The Morgan fingerprint density at radius 2 is 1.77 bits per heavy atom. The van der Waals surface area contributed by atoms with Crippen LogP contribution in [-0.2, 0) is 5.41 Å². The predicted molar refractivity (Wildman–Crippen MR) is 102 cm³/mol. The van der Waals surface area contributed by atoms with E-state index in [2.05, 4.69) is 70.5 Å². The van der Waals surface area contributed by atoms with Gasteiger partial charge >= 0.3 is 6.01 Å². The number of rotatable bonds is 6. The van der Waals surface area contributed by atoms with Gasteiger partial charge in [0.15, 0.2) is 5.82 Å². The van der Waals surface area contributed by atoms with E-state index in [0.29, 0.717) is 11.8 Å². The van der Waals surface area contributed by atoms with E-state index >= 15 is 0 Å². The van der Waals surface area contributed by atoms with Crippen molar-refractivity contribution < 1.29 is 4.52 Å². The van der Waals surface area contributed by atoms with Crippen molar-refractivity contribution in [1.29, 1.82) is 0 Å². The first kappa shape index (κ1) is 17.8. The zero-order chi connectivity index (χ0) is 18.7. The average Bonchev–Trinajstić information content (AvgIpc) is 3.11. The van der Waals surface area contributed by atoms with Gasteiger partial charge in [-0.25, -0.2) is 9.97 Å². The zero-order valence-electron chi connectivity index (χ0n) is 15.5. The van der Waals surface area contributed by atoms with Crippen molar-refractivity contribution in [2.75, 3.05) is 17.6 Å². The van der Waals surface area contributed by atoms with Crippen molar-refractivity contribution in [2.45, 2.75) is 33.1 Å². The Morgan fingerprint density at radius 3 is 2.35 bits per heavy atom. The third kappa shape index (κ3) is 3.24. The fraction of sp³-hybridized carbons (Fsp3) is 0.368. The molecule has 0 saturated heterocycles. The second-order valence-electron chi connectivity index (χ2n) is 6.72. The topological polar surface area (TPSA) is 103 Å². The number of aromatic nitrogens is 4. The molecule has 1 atom stereocenters. The predicted octanol–water partition coefficient (Wildman–Crippen LogP) is 3.50. The maximum absolute atomic E-state index is 5.56. The fourth-order valence-electron chi connectivity index (χ4n) is 2.87. The summed E-state index contributed by atoms with van der Waals surface area (Å²) < 4.78 is 5.33. The number of hydrogen-bond donors (Lipinski definition) is 2. The van der Waals surface area contributed by atoms with Crippen molar-refractivity contribution in [2.24, 2.45) is 5.92 Å². The van der Waals surface area contributed by atoms with Gasteiger partial charge in [-0.3, -0.25) is 0 Å². The minimum absolute atomic E-state index is 0.270. The van der Waals surface area contributed by atoms with E-state index < -0.39 is 0 Å². The molecule has 1 unspecified atom stereocenters. The van der Waals surface area contributed by atoms with E-state index in [1.807, 2.05) is 6.92 Å². The molecule has 0 spiro atoms. The number of nitrogens with zero attached hydrogens (tertiary/aromatic N) is 4. The standard InChI is InChI=1S/C19H24N6O/c1-5-21-18-24-16(25-26-18)19(4,12(2)3)15-8-6-13(7-9-15)14-10-22-17(20)23-11-14/h6-12H,5H2,1-4H3,(H2,20,22,23)(H,21,24,25). The van der Waals surface area contributed by atoms with Crippen molar-refractivity contribution in [1.82, 2.24) is 20.1 Å². The molecule has 1 aromatic carbocycles. The monoisotopic (exact) mass is 352 g/mol. The van der Waals surface area contributed by atoms with E-state index in [1.165, 1.54) is 0 Å². The van der Waals surface area contributed by atoms with Crippen LogP contribution in [0.3, 0.4) is 0 Å². The molecule has 0 aliphatic carbocycles. The third-order valence-electron chi connectivity index (χ3n) is 4.86. The van der Waals surface area contributed by atoms with Gasteiger partial charge in [-0.2, -0.15) is 4.98 Å². The van der Waals surface area contributed by atoms with E-state index in [4.69, 9.17) is 10.3 Å². The number of nitrogens with two attached hydrogens (primary N) is 1. The molecule has 0 aliphatic rings. The number of nitrogen functional groups attached to an aromatic ring is 1. The fourth-order valence-corrected chi connectivity index (χ4v) is 2.87. The van der Waals surface area contributed by atoms with E-state index in [0.717, 1.165) is 23.2 Å². The highest BCUT2D eigenvalue weighted by Crippen LogP contribution is 2.38. The Morgan fingerprint density at radius 1 is 1.12 bits per heavy atom.